The minimum Gasteiger partial charge on any atom is -0.304 e. The summed E-state index contributed by atoms with van der Waals surface area (Å²) in [7, 11) is 0. The topological polar surface area (TPSA) is 24.9 Å². The Kier molecular flexibility index (Phi) is 3.92. The molecule has 2 rings (SSSR count). The van der Waals surface area contributed by atoms with Crippen LogP contribution >= 0.6 is 11.3 Å². The molecule has 0 amide bonds. The maximum atomic E-state index is 4.39. The van der Waals surface area contributed by atoms with Crippen molar-refractivity contribution in [3.8, 4) is 0 Å². The van der Waals surface area contributed by atoms with Crippen LogP contribution in [0.5, 0.6) is 0 Å². The SMILES string of the molecule is Cc1ccc(C(C)NCc2ncccc2C)s1. The van der Waals surface area contributed by atoms with Gasteiger partial charge in [0.25, 0.3) is 0 Å². The second-order valence-corrected chi connectivity index (χ2v) is 5.64. The number of hydrogen-bond donors (Lipinski definition) is 1. The van der Waals surface area contributed by atoms with Crippen molar-refractivity contribution < 1.29 is 0 Å². The van der Waals surface area contributed by atoms with Crippen LogP contribution in [0.4, 0.5) is 0 Å². The molecule has 0 bridgehead atoms. The first-order chi connectivity index (χ1) is 8.16. The predicted molar refractivity (Wildman–Crippen MR) is 73.3 cm³/mol. The summed E-state index contributed by atoms with van der Waals surface area (Å²) in [4.78, 5) is 7.14. The zero-order chi connectivity index (χ0) is 12.3. The van der Waals surface area contributed by atoms with Crippen molar-refractivity contribution in [2.45, 2.75) is 33.4 Å². The van der Waals surface area contributed by atoms with Crippen molar-refractivity contribution in [1.82, 2.24) is 10.3 Å². The molecule has 2 aromatic heterocycles. The standard InChI is InChI=1S/C14H18N2S/c1-10-5-4-8-15-13(10)9-16-12(3)14-7-6-11(2)17-14/h4-8,12,16H,9H2,1-3H3. The van der Waals surface area contributed by atoms with Crippen molar-refractivity contribution in [3.05, 3.63) is 51.5 Å². The molecule has 0 aliphatic carbocycles. The Labute approximate surface area is 107 Å². The van der Waals surface area contributed by atoms with Gasteiger partial charge in [0.2, 0.25) is 0 Å². The van der Waals surface area contributed by atoms with Crippen molar-refractivity contribution in [3.63, 3.8) is 0 Å². The van der Waals surface area contributed by atoms with E-state index in [1.807, 2.05) is 23.6 Å². The van der Waals surface area contributed by atoms with E-state index in [4.69, 9.17) is 0 Å². The Balaban J connectivity index is 1.97. The minimum absolute atomic E-state index is 0.384. The van der Waals surface area contributed by atoms with Gasteiger partial charge in [-0.2, -0.15) is 0 Å². The van der Waals surface area contributed by atoms with Gasteiger partial charge in [0, 0.05) is 28.5 Å². The fourth-order valence-corrected chi connectivity index (χ4v) is 2.64. The molecule has 17 heavy (non-hydrogen) atoms. The van der Waals surface area contributed by atoms with Gasteiger partial charge < -0.3 is 5.32 Å². The number of nitrogens with one attached hydrogen (secondary N) is 1. The van der Waals surface area contributed by atoms with E-state index >= 15 is 0 Å². The zero-order valence-electron chi connectivity index (χ0n) is 10.5. The van der Waals surface area contributed by atoms with E-state index in [1.165, 1.54) is 15.3 Å². The summed E-state index contributed by atoms with van der Waals surface area (Å²) in [6.45, 7) is 7.27. The normalized spacial score (nSPS) is 12.6. The second-order valence-electron chi connectivity index (χ2n) is 4.32. The molecular weight excluding hydrogens is 228 g/mol. The Morgan fingerprint density at radius 3 is 2.76 bits per heavy atom. The number of thiophene rings is 1. The molecule has 1 N–H and O–H groups in total. The van der Waals surface area contributed by atoms with Crippen LogP contribution in [0.3, 0.4) is 0 Å². The molecule has 2 nitrogen and oxygen atoms in total. The third-order valence-corrected chi connectivity index (χ3v) is 4.06. The average Bonchev–Trinajstić information content (AvgIpc) is 2.74. The Bertz CT molecular complexity index is 490. The lowest BCUT2D eigenvalue weighted by molar-refractivity contribution is 0.574. The molecule has 0 aliphatic rings. The van der Waals surface area contributed by atoms with Crippen LogP contribution in [0.2, 0.25) is 0 Å². The maximum absolute atomic E-state index is 4.39. The summed E-state index contributed by atoms with van der Waals surface area (Å²) in [5.41, 5.74) is 2.38. The molecule has 0 saturated carbocycles. The summed E-state index contributed by atoms with van der Waals surface area (Å²) in [5, 5.41) is 3.52. The molecule has 0 saturated heterocycles. The fraction of sp³-hybridized carbons (Fsp3) is 0.357. The van der Waals surface area contributed by atoms with Crippen molar-refractivity contribution in [2.75, 3.05) is 0 Å². The molecule has 0 radical (unpaired) electrons. The molecule has 1 unspecified atom stereocenters. The lowest BCUT2D eigenvalue weighted by atomic mass is 10.2. The number of rotatable bonds is 4. The smallest absolute Gasteiger partial charge is 0.0570 e. The van der Waals surface area contributed by atoms with Crippen LogP contribution in [0.1, 0.15) is 34.0 Å². The summed E-state index contributed by atoms with van der Waals surface area (Å²) < 4.78 is 0. The van der Waals surface area contributed by atoms with Crippen LogP contribution in [0, 0.1) is 13.8 Å². The molecule has 0 fully saturated rings. The minimum atomic E-state index is 0.384. The van der Waals surface area contributed by atoms with Gasteiger partial charge in [0.05, 0.1) is 5.69 Å². The summed E-state index contributed by atoms with van der Waals surface area (Å²) in [6.07, 6.45) is 1.85. The van der Waals surface area contributed by atoms with Crippen LogP contribution in [-0.4, -0.2) is 4.98 Å². The second kappa shape index (κ2) is 5.43. The molecule has 2 aromatic rings. The van der Waals surface area contributed by atoms with E-state index in [0.717, 1.165) is 12.2 Å². The molecule has 0 spiro atoms. The van der Waals surface area contributed by atoms with Crippen molar-refractivity contribution >= 4 is 11.3 Å². The van der Waals surface area contributed by atoms with Crippen molar-refractivity contribution in [1.29, 1.82) is 0 Å². The molecular formula is C14H18N2S. The first kappa shape index (κ1) is 12.3. The largest absolute Gasteiger partial charge is 0.304 e. The van der Waals surface area contributed by atoms with E-state index in [1.54, 1.807) is 0 Å². The molecule has 90 valence electrons. The van der Waals surface area contributed by atoms with E-state index in [-0.39, 0.29) is 0 Å². The third kappa shape index (κ3) is 3.14. The number of nitrogens with zero attached hydrogens (tertiary/aromatic N) is 1. The van der Waals surface area contributed by atoms with E-state index < -0.39 is 0 Å². The van der Waals surface area contributed by atoms with E-state index in [0.29, 0.717) is 6.04 Å². The fourth-order valence-electron chi connectivity index (χ4n) is 1.74. The Morgan fingerprint density at radius 2 is 2.12 bits per heavy atom. The van der Waals surface area contributed by atoms with Gasteiger partial charge in [-0.05, 0) is 44.5 Å². The highest BCUT2D eigenvalue weighted by molar-refractivity contribution is 7.12. The average molecular weight is 246 g/mol. The van der Waals surface area contributed by atoms with Crippen LogP contribution in [-0.2, 0) is 6.54 Å². The quantitative estimate of drug-likeness (QED) is 0.891. The number of hydrogen-bond acceptors (Lipinski definition) is 3. The predicted octanol–water partition coefficient (Wildman–Crippen LogP) is 3.61. The van der Waals surface area contributed by atoms with Crippen LogP contribution in [0.15, 0.2) is 30.5 Å². The Morgan fingerprint density at radius 1 is 1.29 bits per heavy atom. The van der Waals surface area contributed by atoms with Gasteiger partial charge in [-0.15, -0.1) is 11.3 Å². The number of pyridine rings is 1. The Hall–Kier alpha value is -1.19. The molecule has 0 aliphatic heterocycles. The highest BCUT2D eigenvalue weighted by Crippen LogP contribution is 2.22. The van der Waals surface area contributed by atoms with Crippen LogP contribution in [0.25, 0.3) is 0 Å². The van der Waals surface area contributed by atoms with E-state index in [2.05, 4.69) is 49.3 Å². The van der Waals surface area contributed by atoms with Gasteiger partial charge in [0.1, 0.15) is 0 Å². The molecule has 1 atom stereocenters. The number of aryl methyl sites for hydroxylation is 2. The summed E-state index contributed by atoms with van der Waals surface area (Å²) in [6, 6.07) is 8.83. The zero-order valence-corrected chi connectivity index (χ0v) is 11.3. The lowest BCUT2D eigenvalue weighted by Crippen LogP contribution is -2.18. The highest BCUT2D eigenvalue weighted by Gasteiger charge is 2.07. The maximum Gasteiger partial charge on any atom is 0.0570 e. The van der Waals surface area contributed by atoms with Gasteiger partial charge >= 0.3 is 0 Å². The van der Waals surface area contributed by atoms with Gasteiger partial charge in [-0.25, -0.2) is 0 Å². The number of aromatic nitrogens is 1. The molecule has 3 heteroatoms. The molecule has 0 aromatic carbocycles. The first-order valence-corrected chi connectivity index (χ1v) is 6.68. The van der Waals surface area contributed by atoms with Gasteiger partial charge in [-0.1, -0.05) is 6.07 Å². The summed E-state index contributed by atoms with van der Waals surface area (Å²) in [5.74, 6) is 0. The monoisotopic (exact) mass is 246 g/mol. The van der Waals surface area contributed by atoms with Gasteiger partial charge in [0.15, 0.2) is 0 Å². The highest BCUT2D eigenvalue weighted by atomic mass is 32.1. The van der Waals surface area contributed by atoms with Gasteiger partial charge in [-0.3, -0.25) is 4.98 Å². The summed E-state index contributed by atoms with van der Waals surface area (Å²) >= 11 is 1.85. The lowest BCUT2D eigenvalue weighted by Gasteiger charge is -2.12. The first-order valence-electron chi connectivity index (χ1n) is 5.87. The third-order valence-electron chi connectivity index (χ3n) is 2.88. The molecule has 2 heterocycles. The van der Waals surface area contributed by atoms with Crippen molar-refractivity contribution in [2.24, 2.45) is 0 Å². The van der Waals surface area contributed by atoms with E-state index in [9.17, 15) is 0 Å². The van der Waals surface area contributed by atoms with Crippen LogP contribution < -0.4 is 5.32 Å².